The SMILES string of the molecule is CC1C=C([Si](C)(C)C)C(CO)O1. The van der Waals surface area contributed by atoms with Gasteiger partial charge in [0.15, 0.2) is 0 Å². The molecule has 1 aliphatic heterocycles. The maximum Gasteiger partial charge on any atom is 0.0989 e. The zero-order chi connectivity index (χ0) is 9.35. The van der Waals surface area contributed by atoms with Crippen molar-refractivity contribution in [3.63, 3.8) is 0 Å². The second-order valence-electron chi connectivity index (χ2n) is 4.38. The Morgan fingerprint density at radius 1 is 1.50 bits per heavy atom. The predicted octanol–water partition coefficient (Wildman–Crippen LogP) is 1.57. The Hall–Kier alpha value is -0.123. The van der Waals surface area contributed by atoms with E-state index in [1.165, 1.54) is 5.20 Å². The van der Waals surface area contributed by atoms with Crippen molar-refractivity contribution in [1.82, 2.24) is 0 Å². The van der Waals surface area contributed by atoms with Crippen molar-refractivity contribution in [2.75, 3.05) is 6.61 Å². The van der Waals surface area contributed by atoms with Crippen molar-refractivity contribution in [1.29, 1.82) is 0 Å². The topological polar surface area (TPSA) is 29.5 Å². The summed E-state index contributed by atoms with van der Waals surface area (Å²) in [5.74, 6) is 0. The molecule has 1 aliphatic rings. The summed E-state index contributed by atoms with van der Waals surface area (Å²) in [6, 6.07) is 0. The number of hydrogen-bond acceptors (Lipinski definition) is 2. The quantitative estimate of drug-likeness (QED) is 0.663. The molecule has 0 aromatic carbocycles. The summed E-state index contributed by atoms with van der Waals surface area (Å²) in [5, 5.41) is 10.4. The van der Waals surface area contributed by atoms with E-state index in [1.54, 1.807) is 0 Å². The summed E-state index contributed by atoms with van der Waals surface area (Å²) < 4.78 is 5.54. The van der Waals surface area contributed by atoms with E-state index < -0.39 is 8.07 Å². The molecule has 0 aromatic heterocycles. The van der Waals surface area contributed by atoms with Gasteiger partial charge in [0.2, 0.25) is 0 Å². The summed E-state index contributed by atoms with van der Waals surface area (Å²) in [7, 11) is -1.27. The lowest BCUT2D eigenvalue weighted by Crippen LogP contribution is -2.32. The molecule has 0 radical (unpaired) electrons. The van der Waals surface area contributed by atoms with E-state index in [1.807, 2.05) is 6.92 Å². The van der Waals surface area contributed by atoms with Crippen LogP contribution >= 0.6 is 0 Å². The van der Waals surface area contributed by atoms with E-state index in [4.69, 9.17) is 9.84 Å². The molecular formula is C9H18O2Si. The first-order chi connectivity index (χ1) is 5.45. The van der Waals surface area contributed by atoms with Gasteiger partial charge in [0.25, 0.3) is 0 Å². The van der Waals surface area contributed by atoms with Crippen LogP contribution in [-0.4, -0.2) is 32.0 Å². The molecule has 2 atom stereocenters. The molecule has 12 heavy (non-hydrogen) atoms. The third kappa shape index (κ3) is 1.97. The first kappa shape index (κ1) is 9.96. The summed E-state index contributed by atoms with van der Waals surface area (Å²) in [6.07, 6.45) is 2.34. The van der Waals surface area contributed by atoms with Gasteiger partial charge in [-0.05, 0) is 6.92 Å². The lowest BCUT2D eigenvalue weighted by atomic mass is 10.3. The second-order valence-corrected chi connectivity index (χ2v) is 9.46. The van der Waals surface area contributed by atoms with Gasteiger partial charge in [0, 0.05) is 0 Å². The van der Waals surface area contributed by atoms with Crippen LogP contribution in [0.1, 0.15) is 6.92 Å². The lowest BCUT2D eigenvalue weighted by molar-refractivity contribution is 0.0317. The van der Waals surface area contributed by atoms with Crippen LogP contribution in [-0.2, 0) is 4.74 Å². The van der Waals surface area contributed by atoms with Crippen molar-refractivity contribution < 1.29 is 9.84 Å². The van der Waals surface area contributed by atoms with Crippen LogP contribution < -0.4 is 0 Å². The molecule has 1 rings (SSSR count). The minimum Gasteiger partial charge on any atom is -0.393 e. The highest BCUT2D eigenvalue weighted by Gasteiger charge is 2.32. The van der Waals surface area contributed by atoms with Crippen LogP contribution in [0.15, 0.2) is 11.3 Å². The van der Waals surface area contributed by atoms with Crippen molar-refractivity contribution >= 4 is 8.07 Å². The molecule has 0 aliphatic carbocycles. The fraction of sp³-hybridized carbons (Fsp3) is 0.778. The molecule has 0 spiro atoms. The van der Waals surface area contributed by atoms with Crippen LogP contribution in [0.4, 0.5) is 0 Å². The Balaban J connectivity index is 2.80. The minimum absolute atomic E-state index is 0.0216. The average Bonchev–Trinajstić information content (AvgIpc) is 2.29. The second kappa shape index (κ2) is 3.32. The van der Waals surface area contributed by atoms with Crippen molar-refractivity contribution in [3.8, 4) is 0 Å². The lowest BCUT2D eigenvalue weighted by Gasteiger charge is -2.22. The van der Waals surface area contributed by atoms with E-state index in [2.05, 4.69) is 25.7 Å². The molecule has 3 heteroatoms. The first-order valence-electron chi connectivity index (χ1n) is 4.43. The highest BCUT2D eigenvalue weighted by Crippen LogP contribution is 2.27. The zero-order valence-electron chi connectivity index (χ0n) is 8.29. The Morgan fingerprint density at radius 2 is 2.08 bits per heavy atom. The zero-order valence-corrected chi connectivity index (χ0v) is 9.29. The summed E-state index contributed by atoms with van der Waals surface area (Å²) in [5.41, 5.74) is 0. The van der Waals surface area contributed by atoms with Gasteiger partial charge < -0.3 is 9.84 Å². The predicted molar refractivity (Wildman–Crippen MR) is 52.8 cm³/mol. The van der Waals surface area contributed by atoms with Gasteiger partial charge in [-0.2, -0.15) is 0 Å². The largest absolute Gasteiger partial charge is 0.393 e. The van der Waals surface area contributed by atoms with E-state index in [-0.39, 0.29) is 18.8 Å². The van der Waals surface area contributed by atoms with E-state index in [9.17, 15) is 0 Å². The molecule has 0 saturated carbocycles. The van der Waals surface area contributed by atoms with Crippen LogP contribution in [0.25, 0.3) is 0 Å². The van der Waals surface area contributed by atoms with Gasteiger partial charge >= 0.3 is 0 Å². The number of aliphatic hydroxyl groups is 1. The van der Waals surface area contributed by atoms with Crippen LogP contribution in [0.3, 0.4) is 0 Å². The molecule has 2 unspecified atom stereocenters. The fourth-order valence-corrected chi connectivity index (χ4v) is 3.47. The molecule has 0 saturated heterocycles. The summed E-state index contributed by atoms with van der Waals surface area (Å²) in [6.45, 7) is 8.99. The van der Waals surface area contributed by atoms with Crippen molar-refractivity contribution in [2.45, 2.75) is 38.8 Å². The molecule has 2 nitrogen and oxygen atoms in total. The van der Waals surface area contributed by atoms with Gasteiger partial charge in [0.1, 0.15) is 0 Å². The van der Waals surface area contributed by atoms with Crippen molar-refractivity contribution in [2.24, 2.45) is 0 Å². The van der Waals surface area contributed by atoms with Gasteiger partial charge in [-0.15, -0.1) is 0 Å². The monoisotopic (exact) mass is 186 g/mol. The highest BCUT2D eigenvalue weighted by molar-refractivity contribution is 6.83. The number of ether oxygens (including phenoxy) is 1. The normalized spacial score (nSPS) is 30.6. The smallest absolute Gasteiger partial charge is 0.0989 e. The molecule has 0 aromatic rings. The first-order valence-corrected chi connectivity index (χ1v) is 7.93. The van der Waals surface area contributed by atoms with Gasteiger partial charge in [0.05, 0.1) is 26.9 Å². The summed E-state index contributed by atoms with van der Waals surface area (Å²) >= 11 is 0. The third-order valence-corrected chi connectivity index (χ3v) is 4.39. The van der Waals surface area contributed by atoms with Crippen molar-refractivity contribution in [3.05, 3.63) is 11.3 Å². The molecule has 1 heterocycles. The molecule has 0 bridgehead atoms. The average molecular weight is 186 g/mol. The van der Waals surface area contributed by atoms with Gasteiger partial charge in [-0.3, -0.25) is 0 Å². The van der Waals surface area contributed by atoms with Crippen LogP contribution in [0.5, 0.6) is 0 Å². The maximum atomic E-state index is 9.07. The molecule has 0 amide bonds. The molecule has 0 fully saturated rings. The molecular weight excluding hydrogens is 168 g/mol. The Labute approximate surface area is 75.3 Å². The Morgan fingerprint density at radius 3 is 2.42 bits per heavy atom. The number of rotatable bonds is 2. The standard InChI is InChI=1S/C9H18O2Si/c1-7-5-9(12(2,3)4)8(6-10)11-7/h5,7-8,10H,6H2,1-4H3. The highest BCUT2D eigenvalue weighted by atomic mass is 28.3. The minimum atomic E-state index is -1.27. The van der Waals surface area contributed by atoms with E-state index >= 15 is 0 Å². The van der Waals surface area contributed by atoms with Crippen LogP contribution in [0.2, 0.25) is 19.6 Å². The number of hydrogen-bond donors (Lipinski definition) is 1. The Kier molecular flexibility index (Phi) is 2.76. The van der Waals surface area contributed by atoms with E-state index in [0.29, 0.717) is 0 Å². The number of aliphatic hydroxyl groups excluding tert-OH is 1. The molecule has 70 valence electrons. The van der Waals surface area contributed by atoms with Crippen LogP contribution in [0, 0.1) is 0 Å². The summed E-state index contributed by atoms with van der Waals surface area (Å²) in [4.78, 5) is 0. The third-order valence-electron chi connectivity index (χ3n) is 2.17. The van der Waals surface area contributed by atoms with Gasteiger partial charge in [-0.25, -0.2) is 0 Å². The Bertz CT molecular complexity index is 193. The van der Waals surface area contributed by atoms with Gasteiger partial charge in [-0.1, -0.05) is 30.9 Å². The maximum absolute atomic E-state index is 9.07. The fourth-order valence-electron chi connectivity index (χ4n) is 1.61. The molecule has 1 N–H and O–H groups in total. The van der Waals surface area contributed by atoms with E-state index in [0.717, 1.165) is 0 Å².